The molecule has 1 atom stereocenters. The fourth-order valence-corrected chi connectivity index (χ4v) is 1.87. The van der Waals surface area contributed by atoms with Gasteiger partial charge in [0.2, 0.25) is 5.82 Å². The third-order valence-corrected chi connectivity index (χ3v) is 2.80. The Kier molecular flexibility index (Phi) is 4.28. The maximum atomic E-state index is 5.49. The van der Waals surface area contributed by atoms with Crippen LogP contribution in [0.3, 0.4) is 0 Å². The van der Waals surface area contributed by atoms with Crippen molar-refractivity contribution in [2.75, 3.05) is 13.7 Å². The molecule has 104 valence electrons. The van der Waals surface area contributed by atoms with Crippen molar-refractivity contribution in [3.63, 3.8) is 0 Å². The predicted molar refractivity (Wildman–Crippen MR) is 69.2 cm³/mol. The summed E-state index contributed by atoms with van der Waals surface area (Å²) >= 11 is 0. The summed E-state index contributed by atoms with van der Waals surface area (Å²) in [5, 5.41) is 3.96. The zero-order valence-electron chi connectivity index (χ0n) is 11.4. The topological polar surface area (TPSA) is 92.0 Å². The number of nitrogens with two attached hydrogens (primary N) is 1. The lowest BCUT2D eigenvalue weighted by Gasteiger charge is -2.14. The van der Waals surface area contributed by atoms with E-state index in [4.69, 9.17) is 15.0 Å². The van der Waals surface area contributed by atoms with E-state index < -0.39 is 0 Å². The van der Waals surface area contributed by atoms with Crippen LogP contribution in [0.5, 0.6) is 0 Å². The first-order chi connectivity index (χ1) is 9.15. The molecule has 2 N–H and O–H groups in total. The Labute approximate surface area is 111 Å². The second kappa shape index (κ2) is 5.94. The van der Waals surface area contributed by atoms with Crippen LogP contribution in [0.15, 0.2) is 17.0 Å². The van der Waals surface area contributed by atoms with Crippen LogP contribution in [-0.4, -0.2) is 33.3 Å². The van der Waals surface area contributed by atoms with Crippen LogP contribution < -0.4 is 5.73 Å². The summed E-state index contributed by atoms with van der Waals surface area (Å²) in [4.78, 5) is 8.56. The van der Waals surface area contributed by atoms with E-state index in [0.717, 1.165) is 0 Å². The lowest BCUT2D eigenvalue weighted by molar-refractivity contribution is 0.0556. The summed E-state index contributed by atoms with van der Waals surface area (Å²) in [5.41, 5.74) is 6.13. The summed E-state index contributed by atoms with van der Waals surface area (Å²) in [6, 6.07) is 0. The van der Waals surface area contributed by atoms with E-state index in [1.54, 1.807) is 13.4 Å². The molecule has 0 bridgehead atoms. The Morgan fingerprint density at radius 1 is 1.47 bits per heavy atom. The highest BCUT2D eigenvalue weighted by molar-refractivity contribution is 5.44. The maximum Gasteiger partial charge on any atom is 0.278 e. The number of methoxy groups -OCH3 is 1. The molecular formula is C12H19N5O2. The first-order valence-corrected chi connectivity index (χ1v) is 6.24. The Balaban J connectivity index is 2.19. The van der Waals surface area contributed by atoms with Gasteiger partial charge >= 0.3 is 0 Å². The van der Waals surface area contributed by atoms with Gasteiger partial charge in [-0.05, 0) is 5.92 Å². The molecule has 2 heterocycles. The molecule has 0 fully saturated rings. The van der Waals surface area contributed by atoms with Crippen molar-refractivity contribution < 1.29 is 9.26 Å². The fraction of sp³-hybridized carbons (Fsp3) is 0.583. The quantitative estimate of drug-likeness (QED) is 0.844. The number of imidazole rings is 1. The highest BCUT2D eigenvalue weighted by atomic mass is 16.5. The summed E-state index contributed by atoms with van der Waals surface area (Å²) < 4.78 is 12.5. The molecule has 0 aliphatic heterocycles. The molecule has 7 nitrogen and oxygen atoms in total. The van der Waals surface area contributed by atoms with E-state index in [9.17, 15) is 0 Å². The molecule has 19 heavy (non-hydrogen) atoms. The monoisotopic (exact) mass is 265 g/mol. The average molecular weight is 265 g/mol. The fourth-order valence-electron chi connectivity index (χ4n) is 1.87. The number of rotatable bonds is 6. The molecule has 1 unspecified atom stereocenters. The Hall–Kier alpha value is -1.73. The van der Waals surface area contributed by atoms with Crippen molar-refractivity contribution in [1.82, 2.24) is 19.7 Å². The van der Waals surface area contributed by atoms with Crippen LogP contribution >= 0.6 is 0 Å². The third kappa shape index (κ3) is 2.99. The minimum atomic E-state index is -0.177. The number of nitrogens with zero attached hydrogens (tertiary/aromatic N) is 4. The summed E-state index contributed by atoms with van der Waals surface area (Å²) in [6.45, 7) is 5.35. The maximum absolute atomic E-state index is 5.49. The average Bonchev–Trinajstić information content (AvgIpc) is 2.99. The van der Waals surface area contributed by atoms with Crippen LogP contribution in [0.4, 0.5) is 0 Å². The zero-order chi connectivity index (χ0) is 13.8. The van der Waals surface area contributed by atoms with Gasteiger partial charge in [0.15, 0.2) is 0 Å². The minimum Gasteiger partial charge on any atom is -0.373 e. The van der Waals surface area contributed by atoms with Crippen molar-refractivity contribution in [3.05, 3.63) is 18.3 Å². The lowest BCUT2D eigenvalue weighted by Crippen LogP contribution is -2.10. The van der Waals surface area contributed by atoms with Gasteiger partial charge in [0.05, 0.1) is 6.33 Å². The van der Waals surface area contributed by atoms with Gasteiger partial charge in [0, 0.05) is 26.4 Å². The molecule has 0 radical (unpaired) electrons. The van der Waals surface area contributed by atoms with E-state index in [-0.39, 0.29) is 12.0 Å². The van der Waals surface area contributed by atoms with Crippen molar-refractivity contribution in [3.8, 4) is 11.6 Å². The Bertz CT molecular complexity index is 520. The largest absolute Gasteiger partial charge is 0.373 e. The van der Waals surface area contributed by atoms with Crippen LogP contribution in [0.1, 0.15) is 25.8 Å². The molecule has 0 aliphatic rings. The van der Waals surface area contributed by atoms with Gasteiger partial charge in [0.1, 0.15) is 11.8 Å². The number of hydrogen-bond donors (Lipinski definition) is 1. The highest BCUT2D eigenvalue weighted by Crippen LogP contribution is 2.24. The summed E-state index contributed by atoms with van der Waals surface area (Å²) in [6.07, 6.45) is 3.35. The smallest absolute Gasteiger partial charge is 0.278 e. The van der Waals surface area contributed by atoms with E-state index >= 15 is 0 Å². The molecular weight excluding hydrogens is 246 g/mol. The number of hydrogen-bond acceptors (Lipinski definition) is 6. The predicted octanol–water partition coefficient (Wildman–Crippen LogP) is 1.24. The molecule has 2 aromatic heterocycles. The molecule has 0 aliphatic carbocycles. The van der Waals surface area contributed by atoms with Crippen molar-refractivity contribution >= 4 is 0 Å². The lowest BCUT2D eigenvalue weighted by atomic mass is 10.1. The van der Waals surface area contributed by atoms with Gasteiger partial charge in [-0.25, -0.2) is 4.98 Å². The second-order valence-corrected chi connectivity index (χ2v) is 4.64. The van der Waals surface area contributed by atoms with Gasteiger partial charge in [-0.15, -0.1) is 0 Å². The molecule has 0 spiro atoms. The van der Waals surface area contributed by atoms with Gasteiger partial charge in [-0.1, -0.05) is 19.0 Å². The van der Waals surface area contributed by atoms with Crippen LogP contribution in [-0.2, 0) is 11.3 Å². The normalized spacial score (nSPS) is 13.1. The van der Waals surface area contributed by atoms with Gasteiger partial charge in [-0.3, -0.25) is 0 Å². The Morgan fingerprint density at radius 2 is 2.26 bits per heavy atom. The van der Waals surface area contributed by atoms with Crippen LogP contribution in [0.2, 0.25) is 0 Å². The van der Waals surface area contributed by atoms with Crippen LogP contribution in [0, 0.1) is 5.92 Å². The number of aromatic nitrogens is 4. The second-order valence-electron chi connectivity index (χ2n) is 4.64. The summed E-state index contributed by atoms with van der Waals surface area (Å²) in [5.74, 6) is 1.21. The molecule has 0 saturated carbocycles. The van der Waals surface area contributed by atoms with Crippen LogP contribution in [0.25, 0.3) is 11.6 Å². The zero-order valence-corrected chi connectivity index (χ0v) is 11.4. The molecule has 0 saturated heterocycles. The molecule has 0 amide bonds. The standard InChI is InChI=1S/C12H19N5O2/c1-8(2)10(18-3)11-15-12(19-16-11)9-6-17(5-4-13)7-14-9/h6-8,10H,4-5,13H2,1-3H3. The molecule has 7 heteroatoms. The molecule has 0 aromatic carbocycles. The minimum absolute atomic E-state index is 0.177. The van der Waals surface area contributed by atoms with E-state index in [1.807, 2.05) is 24.6 Å². The van der Waals surface area contributed by atoms with Gasteiger partial charge in [-0.2, -0.15) is 4.98 Å². The van der Waals surface area contributed by atoms with Crippen molar-refractivity contribution in [1.29, 1.82) is 0 Å². The van der Waals surface area contributed by atoms with Crippen molar-refractivity contribution in [2.45, 2.75) is 26.5 Å². The van der Waals surface area contributed by atoms with Gasteiger partial charge < -0.3 is 19.6 Å². The Morgan fingerprint density at radius 3 is 2.89 bits per heavy atom. The summed E-state index contributed by atoms with van der Waals surface area (Å²) in [7, 11) is 1.64. The van der Waals surface area contributed by atoms with E-state index in [2.05, 4.69) is 15.1 Å². The highest BCUT2D eigenvalue weighted by Gasteiger charge is 2.22. The van der Waals surface area contributed by atoms with Crippen molar-refractivity contribution in [2.24, 2.45) is 11.7 Å². The third-order valence-electron chi connectivity index (χ3n) is 2.80. The molecule has 2 aromatic rings. The van der Waals surface area contributed by atoms with E-state index in [1.165, 1.54) is 0 Å². The van der Waals surface area contributed by atoms with E-state index in [0.29, 0.717) is 30.5 Å². The first-order valence-electron chi connectivity index (χ1n) is 6.24. The van der Waals surface area contributed by atoms with Gasteiger partial charge in [0.25, 0.3) is 5.89 Å². The molecule has 2 rings (SSSR count). The number of ether oxygens (including phenoxy) is 1. The SMILES string of the molecule is COC(c1noc(-c2cn(CCN)cn2)n1)C(C)C. The first kappa shape index (κ1) is 13.7.